The van der Waals surface area contributed by atoms with Crippen molar-refractivity contribution in [2.24, 2.45) is 17.1 Å². The normalized spacial score (nSPS) is 31.6. The van der Waals surface area contributed by atoms with Crippen LogP contribution in [0.5, 0.6) is 0 Å². The van der Waals surface area contributed by atoms with Gasteiger partial charge in [0.25, 0.3) is 0 Å². The van der Waals surface area contributed by atoms with Crippen molar-refractivity contribution in [1.29, 1.82) is 0 Å². The van der Waals surface area contributed by atoms with Crippen LogP contribution in [0, 0.1) is 11.3 Å². The van der Waals surface area contributed by atoms with E-state index in [0.29, 0.717) is 5.41 Å². The molecular weight excluding hydrogens is 208 g/mol. The standard InChI is InChI=1S/C15H30N2/c1-15(2)12-17(11-9-13(15)8-10-16)14-6-4-3-5-7-14/h13-14H,3-12,16H2,1-2H3. The smallest absolute Gasteiger partial charge is 0.00954 e. The van der Waals surface area contributed by atoms with Crippen molar-refractivity contribution in [1.82, 2.24) is 4.90 Å². The van der Waals surface area contributed by atoms with E-state index < -0.39 is 0 Å². The summed E-state index contributed by atoms with van der Waals surface area (Å²) in [5.74, 6) is 0.840. The lowest BCUT2D eigenvalue weighted by atomic mass is 9.71. The largest absolute Gasteiger partial charge is 0.330 e. The molecule has 2 rings (SSSR count). The summed E-state index contributed by atoms with van der Waals surface area (Å²) in [6.07, 6.45) is 9.83. The van der Waals surface area contributed by atoms with Gasteiger partial charge in [-0.3, -0.25) is 4.90 Å². The van der Waals surface area contributed by atoms with Crippen LogP contribution < -0.4 is 5.73 Å². The molecule has 0 aromatic rings. The fraction of sp³-hybridized carbons (Fsp3) is 1.00. The van der Waals surface area contributed by atoms with Crippen molar-refractivity contribution >= 4 is 0 Å². The Kier molecular flexibility index (Phi) is 4.48. The molecule has 1 aliphatic heterocycles. The maximum absolute atomic E-state index is 5.74. The van der Waals surface area contributed by atoms with E-state index in [4.69, 9.17) is 5.73 Å². The first-order valence-electron chi connectivity index (χ1n) is 7.57. The predicted molar refractivity (Wildman–Crippen MR) is 74.0 cm³/mol. The van der Waals surface area contributed by atoms with E-state index >= 15 is 0 Å². The Morgan fingerprint density at radius 3 is 2.41 bits per heavy atom. The third-order valence-corrected chi connectivity index (χ3v) is 5.09. The second-order valence-electron chi connectivity index (χ2n) is 6.81. The summed E-state index contributed by atoms with van der Waals surface area (Å²) in [5.41, 5.74) is 6.21. The van der Waals surface area contributed by atoms with Crippen molar-refractivity contribution in [3.8, 4) is 0 Å². The zero-order chi connectivity index (χ0) is 12.3. The second-order valence-corrected chi connectivity index (χ2v) is 6.81. The fourth-order valence-electron chi connectivity index (χ4n) is 3.94. The van der Waals surface area contributed by atoms with E-state index in [-0.39, 0.29) is 0 Å². The molecule has 1 atom stereocenters. The third kappa shape index (κ3) is 3.23. The van der Waals surface area contributed by atoms with Gasteiger partial charge in [0.05, 0.1) is 0 Å². The number of hydrogen-bond acceptors (Lipinski definition) is 2. The summed E-state index contributed by atoms with van der Waals surface area (Å²) in [7, 11) is 0. The van der Waals surface area contributed by atoms with Crippen LogP contribution in [-0.2, 0) is 0 Å². The molecule has 1 saturated heterocycles. The van der Waals surface area contributed by atoms with Crippen LogP contribution in [0.3, 0.4) is 0 Å². The highest BCUT2D eigenvalue weighted by molar-refractivity contribution is 4.90. The zero-order valence-corrected chi connectivity index (χ0v) is 11.8. The molecule has 0 amide bonds. The Balaban J connectivity index is 1.91. The van der Waals surface area contributed by atoms with Gasteiger partial charge in [0.2, 0.25) is 0 Å². The summed E-state index contributed by atoms with van der Waals surface area (Å²) < 4.78 is 0. The van der Waals surface area contributed by atoms with Crippen LogP contribution >= 0.6 is 0 Å². The van der Waals surface area contributed by atoms with Gasteiger partial charge < -0.3 is 5.73 Å². The molecule has 100 valence electrons. The van der Waals surface area contributed by atoms with Crippen LogP contribution in [0.2, 0.25) is 0 Å². The summed E-state index contributed by atoms with van der Waals surface area (Å²) >= 11 is 0. The predicted octanol–water partition coefficient (Wildman–Crippen LogP) is 3.02. The van der Waals surface area contributed by atoms with Crippen LogP contribution in [0.1, 0.15) is 58.8 Å². The minimum absolute atomic E-state index is 0.467. The number of nitrogens with zero attached hydrogens (tertiary/aromatic N) is 1. The lowest BCUT2D eigenvalue weighted by Gasteiger charge is -2.48. The fourth-order valence-corrected chi connectivity index (χ4v) is 3.94. The number of nitrogens with two attached hydrogens (primary N) is 1. The maximum atomic E-state index is 5.74. The number of piperidine rings is 1. The summed E-state index contributed by atoms with van der Waals surface area (Å²) in [4.78, 5) is 2.78. The van der Waals surface area contributed by atoms with Gasteiger partial charge in [-0.25, -0.2) is 0 Å². The van der Waals surface area contributed by atoms with Crippen molar-refractivity contribution < 1.29 is 0 Å². The van der Waals surface area contributed by atoms with E-state index in [2.05, 4.69) is 18.7 Å². The van der Waals surface area contributed by atoms with Gasteiger partial charge >= 0.3 is 0 Å². The molecule has 1 saturated carbocycles. The first kappa shape index (κ1) is 13.4. The van der Waals surface area contributed by atoms with Crippen molar-refractivity contribution in [3.05, 3.63) is 0 Å². The van der Waals surface area contributed by atoms with Gasteiger partial charge in [-0.05, 0) is 50.1 Å². The van der Waals surface area contributed by atoms with Crippen LogP contribution in [0.4, 0.5) is 0 Å². The van der Waals surface area contributed by atoms with Crippen LogP contribution in [0.15, 0.2) is 0 Å². The molecule has 2 N–H and O–H groups in total. The molecule has 1 unspecified atom stereocenters. The van der Waals surface area contributed by atoms with Gasteiger partial charge in [0, 0.05) is 12.6 Å². The molecule has 17 heavy (non-hydrogen) atoms. The van der Waals surface area contributed by atoms with Gasteiger partial charge in [-0.1, -0.05) is 33.1 Å². The Bertz CT molecular complexity index is 231. The molecule has 0 radical (unpaired) electrons. The van der Waals surface area contributed by atoms with Crippen molar-refractivity contribution in [2.75, 3.05) is 19.6 Å². The molecule has 2 fully saturated rings. The quantitative estimate of drug-likeness (QED) is 0.819. The molecular formula is C15H30N2. The van der Waals surface area contributed by atoms with Gasteiger partial charge in [0.15, 0.2) is 0 Å². The van der Waals surface area contributed by atoms with E-state index in [1.54, 1.807) is 0 Å². The first-order chi connectivity index (χ1) is 8.13. The highest BCUT2D eigenvalue weighted by Gasteiger charge is 2.37. The summed E-state index contributed by atoms with van der Waals surface area (Å²) in [6, 6.07) is 0.891. The van der Waals surface area contributed by atoms with E-state index in [0.717, 1.165) is 18.5 Å². The average molecular weight is 238 g/mol. The van der Waals surface area contributed by atoms with E-state index in [1.165, 1.54) is 58.0 Å². The molecule has 2 heteroatoms. The molecule has 0 aromatic carbocycles. The lowest BCUT2D eigenvalue weighted by Crippen LogP contribution is -2.50. The van der Waals surface area contributed by atoms with Crippen molar-refractivity contribution in [3.63, 3.8) is 0 Å². The van der Waals surface area contributed by atoms with Crippen LogP contribution in [-0.4, -0.2) is 30.6 Å². The number of hydrogen-bond donors (Lipinski definition) is 1. The Morgan fingerprint density at radius 1 is 1.12 bits per heavy atom. The average Bonchev–Trinajstić information content (AvgIpc) is 2.33. The highest BCUT2D eigenvalue weighted by Crippen LogP contribution is 2.39. The molecule has 2 aliphatic rings. The molecule has 0 aromatic heterocycles. The van der Waals surface area contributed by atoms with E-state index in [9.17, 15) is 0 Å². The lowest BCUT2D eigenvalue weighted by molar-refractivity contribution is 0.0150. The SMILES string of the molecule is CC1(C)CN(C2CCCCC2)CCC1CCN. The highest BCUT2D eigenvalue weighted by atomic mass is 15.2. The molecule has 1 aliphatic carbocycles. The van der Waals surface area contributed by atoms with E-state index in [1.807, 2.05) is 0 Å². The molecule has 1 heterocycles. The zero-order valence-electron chi connectivity index (χ0n) is 11.8. The van der Waals surface area contributed by atoms with Gasteiger partial charge in [-0.15, -0.1) is 0 Å². The topological polar surface area (TPSA) is 29.3 Å². The molecule has 0 spiro atoms. The molecule has 2 nitrogen and oxygen atoms in total. The minimum Gasteiger partial charge on any atom is -0.330 e. The van der Waals surface area contributed by atoms with Crippen molar-refractivity contribution in [2.45, 2.75) is 64.8 Å². The Morgan fingerprint density at radius 2 is 1.82 bits per heavy atom. The van der Waals surface area contributed by atoms with Gasteiger partial charge in [-0.2, -0.15) is 0 Å². The third-order valence-electron chi connectivity index (χ3n) is 5.09. The second kappa shape index (κ2) is 5.71. The number of likely N-dealkylation sites (tertiary alicyclic amines) is 1. The first-order valence-corrected chi connectivity index (χ1v) is 7.57. The van der Waals surface area contributed by atoms with Gasteiger partial charge in [0.1, 0.15) is 0 Å². The summed E-state index contributed by atoms with van der Waals surface area (Å²) in [6.45, 7) is 8.36. The minimum atomic E-state index is 0.467. The number of rotatable bonds is 3. The molecule has 0 bridgehead atoms. The maximum Gasteiger partial charge on any atom is 0.00954 e. The Hall–Kier alpha value is -0.0800. The van der Waals surface area contributed by atoms with Crippen LogP contribution in [0.25, 0.3) is 0 Å². The Labute approximate surface area is 107 Å². The summed E-state index contributed by atoms with van der Waals surface area (Å²) in [5, 5.41) is 0. The monoisotopic (exact) mass is 238 g/mol.